The maximum atomic E-state index is 13.8. The number of aromatic amines is 1. The van der Waals surface area contributed by atoms with Crippen molar-refractivity contribution >= 4 is 16.9 Å². The SMILES string of the molecule is COc1ccccc1CNc1n[nH]c2nc([C@H]3CCCN3)cc(C(F)(F)F)c12. The van der Waals surface area contributed by atoms with Crippen LogP contribution in [0.1, 0.15) is 35.7 Å². The van der Waals surface area contributed by atoms with Gasteiger partial charge in [-0.25, -0.2) is 4.98 Å². The first kappa shape index (κ1) is 18.5. The molecule has 1 saturated heterocycles. The van der Waals surface area contributed by atoms with Crippen molar-refractivity contribution in [2.45, 2.75) is 31.6 Å². The van der Waals surface area contributed by atoms with Crippen LogP contribution in [0.3, 0.4) is 0 Å². The molecule has 1 aromatic carbocycles. The van der Waals surface area contributed by atoms with Crippen molar-refractivity contribution in [1.29, 1.82) is 0 Å². The largest absolute Gasteiger partial charge is 0.496 e. The minimum atomic E-state index is -4.51. The molecule has 6 nitrogen and oxygen atoms in total. The number of benzene rings is 1. The van der Waals surface area contributed by atoms with E-state index in [-0.39, 0.29) is 29.4 Å². The second-order valence-electron chi connectivity index (χ2n) is 6.70. The molecule has 1 atom stereocenters. The molecule has 3 N–H and O–H groups in total. The zero-order valence-electron chi connectivity index (χ0n) is 15.2. The van der Waals surface area contributed by atoms with E-state index in [9.17, 15) is 13.2 Å². The van der Waals surface area contributed by atoms with Crippen LogP contribution >= 0.6 is 0 Å². The lowest BCUT2D eigenvalue weighted by atomic mass is 10.1. The van der Waals surface area contributed by atoms with Gasteiger partial charge in [0.05, 0.1) is 23.8 Å². The Morgan fingerprint density at radius 1 is 1.29 bits per heavy atom. The molecule has 0 unspecified atom stereocenters. The highest BCUT2D eigenvalue weighted by atomic mass is 19.4. The summed E-state index contributed by atoms with van der Waals surface area (Å²) in [5.41, 5.74) is 0.588. The van der Waals surface area contributed by atoms with Gasteiger partial charge in [-0.3, -0.25) is 5.10 Å². The predicted octanol–water partition coefficient (Wildman–Crippen LogP) is 4.02. The first-order valence-electron chi connectivity index (χ1n) is 9.02. The number of halogens is 3. The quantitative estimate of drug-likeness (QED) is 0.613. The molecule has 3 heterocycles. The number of rotatable bonds is 5. The van der Waals surface area contributed by atoms with Gasteiger partial charge < -0.3 is 15.4 Å². The number of para-hydroxylation sites is 1. The fourth-order valence-electron chi connectivity index (χ4n) is 3.55. The van der Waals surface area contributed by atoms with Crippen molar-refractivity contribution < 1.29 is 17.9 Å². The van der Waals surface area contributed by atoms with E-state index in [1.807, 2.05) is 18.2 Å². The number of hydrogen-bond acceptors (Lipinski definition) is 5. The molecule has 0 amide bonds. The molecule has 1 fully saturated rings. The Morgan fingerprint density at radius 2 is 2.11 bits per heavy atom. The molecule has 0 saturated carbocycles. The summed E-state index contributed by atoms with van der Waals surface area (Å²) < 4.78 is 46.6. The highest BCUT2D eigenvalue weighted by Gasteiger charge is 2.36. The molecule has 1 aliphatic heterocycles. The standard InChI is InChI=1S/C19H20F3N5O/c1-28-15-7-3-2-5-11(15)10-24-17-16-12(19(20,21)22)9-14(13-6-4-8-23-13)25-18(16)27-26-17/h2-3,5,7,9,13,23H,4,6,8,10H2,1H3,(H2,24,25,26,27)/t13-/m1/s1. The van der Waals surface area contributed by atoms with Gasteiger partial charge in [-0.05, 0) is 31.5 Å². The van der Waals surface area contributed by atoms with E-state index < -0.39 is 11.7 Å². The Labute approximate surface area is 159 Å². The zero-order valence-corrected chi connectivity index (χ0v) is 15.2. The summed E-state index contributed by atoms with van der Waals surface area (Å²) in [6.07, 6.45) is -2.83. The average Bonchev–Trinajstić information content (AvgIpc) is 3.35. The zero-order chi connectivity index (χ0) is 19.7. The number of fused-ring (bicyclic) bond motifs is 1. The van der Waals surface area contributed by atoms with Crippen LogP contribution in [0.25, 0.3) is 11.0 Å². The lowest BCUT2D eigenvalue weighted by Crippen LogP contribution is -2.16. The molecular weight excluding hydrogens is 371 g/mol. The number of anilines is 1. The Hall–Kier alpha value is -2.81. The molecular formula is C19H20F3N5O. The van der Waals surface area contributed by atoms with Gasteiger partial charge in [0.25, 0.3) is 0 Å². The molecule has 9 heteroatoms. The maximum Gasteiger partial charge on any atom is 0.417 e. The van der Waals surface area contributed by atoms with E-state index in [1.165, 1.54) is 0 Å². The summed E-state index contributed by atoms with van der Waals surface area (Å²) in [6.45, 7) is 1.05. The first-order chi connectivity index (χ1) is 13.5. The maximum absolute atomic E-state index is 13.8. The van der Waals surface area contributed by atoms with Crippen LogP contribution in [0.4, 0.5) is 19.0 Å². The normalized spacial score (nSPS) is 17.2. The smallest absolute Gasteiger partial charge is 0.417 e. The van der Waals surface area contributed by atoms with Crippen LogP contribution in [0, 0.1) is 0 Å². The molecule has 4 rings (SSSR count). The second kappa shape index (κ2) is 7.31. The third-order valence-corrected chi connectivity index (χ3v) is 4.91. The number of alkyl halides is 3. The van der Waals surface area contributed by atoms with Gasteiger partial charge in [0, 0.05) is 18.2 Å². The molecule has 0 radical (unpaired) electrons. The number of H-pyrrole nitrogens is 1. The van der Waals surface area contributed by atoms with Crippen molar-refractivity contribution in [3.05, 3.63) is 47.2 Å². The van der Waals surface area contributed by atoms with Crippen LogP contribution in [-0.4, -0.2) is 28.8 Å². The number of pyridine rings is 1. The van der Waals surface area contributed by atoms with Crippen molar-refractivity contribution in [1.82, 2.24) is 20.5 Å². The molecule has 148 valence electrons. The van der Waals surface area contributed by atoms with Crippen molar-refractivity contribution in [2.75, 3.05) is 19.0 Å². The van der Waals surface area contributed by atoms with Gasteiger partial charge in [-0.15, -0.1) is 0 Å². The van der Waals surface area contributed by atoms with Gasteiger partial charge in [0.15, 0.2) is 11.5 Å². The number of nitrogens with one attached hydrogen (secondary N) is 3. The van der Waals surface area contributed by atoms with Crippen molar-refractivity contribution in [3.8, 4) is 5.75 Å². The average molecular weight is 391 g/mol. The Kier molecular flexibility index (Phi) is 4.84. The number of hydrogen-bond donors (Lipinski definition) is 3. The monoisotopic (exact) mass is 391 g/mol. The van der Waals surface area contributed by atoms with Gasteiger partial charge in [-0.2, -0.15) is 18.3 Å². The summed E-state index contributed by atoms with van der Waals surface area (Å²) in [4.78, 5) is 4.40. The van der Waals surface area contributed by atoms with E-state index in [0.29, 0.717) is 11.4 Å². The molecule has 2 aromatic heterocycles. The minimum absolute atomic E-state index is 0.0517. The van der Waals surface area contributed by atoms with Crippen LogP contribution in [-0.2, 0) is 12.7 Å². The fraction of sp³-hybridized carbons (Fsp3) is 0.368. The Morgan fingerprint density at radius 3 is 2.82 bits per heavy atom. The first-order valence-corrected chi connectivity index (χ1v) is 9.02. The van der Waals surface area contributed by atoms with E-state index in [0.717, 1.165) is 31.0 Å². The highest BCUT2D eigenvalue weighted by Crippen LogP contribution is 2.39. The van der Waals surface area contributed by atoms with E-state index in [4.69, 9.17) is 4.74 Å². The van der Waals surface area contributed by atoms with Gasteiger partial charge >= 0.3 is 6.18 Å². The number of aromatic nitrogens is 3. The molecule has 28 heavy (non-hydrogen) atoms. The topological polar surface area (TPSA) is 74.9 Å². The van der Waals surface area contributed by atoms with Crippen molar-refractivity contribution in [2.24, 2.45) is 0 Å². The summed E-state index contributed by atoms with van der Waals surface area (Å²) in [6, 6.07) is 8.27. The third kappa shape index (κ3) is 3.49. The van der Waals surface area contributed by atoms with E-state index >= 15 is 0 Å². The third-order valence-electron chi connectivity index (χ3n) is 4.91. The summed E-state index contributed by atoms with van der Waals surface area (Å²) in [5, 5.41) is 12.8. The van der Waals surface area contributed by atoms with Crippen molar-refractivity contribution in [3.63, 3.8) is 0 Å². The highest BCUT2D eigenvalue weighted by molar-refractivity contribution is 5.91. The van der Waals surface area contributed by atoms with Gasteiger partial charge in [-0.1, -0.05) is 18.2 Å². The predicted molar refractivity (Wildman–Crippen MR) is 99.2 cm³/mol. The lowest BCUT2D eigenvalue weighted by Gasteiger charge is -2.15. The minimum Gasteiger partial charge on any atom is -0.496 e. The number of methoxy groups -OCH3 is 1. The van der Waals surface area contributed by atoms with Gasteiger partial charge in [0.1, 0.15) is 5.75 Å². The molecule has 0 spiro atoms. The summed E-state index contributed by atoms with van der Waals surface area (Å²) in [5.74, 6) is 0.769. The van der Waals surface area contributed by atoms with Gasteiger partial charge in [0.2, 0.25) is 0 Å². The fourth-order valence-corrected chi connectivity index (χ4v) is 3.55. The second-order valence-corrected chi connectivity index (χ2v) is 6.70. The Balaban J connectivity index is 1.71. The summed E-state index contributed by atoms with van der Waals surface area (Å²) in [7, 11) is 1.55. The molecule has 0 bridgehead atoms. The molecule has 3 aromatic rings. The number of nitrogens with zero attached hydrogens (tertiary/aromatic N) is 2. The van der Waals surface area contributed by atoms with E-state index in [1.54, 1.807) is 13.2 Å². The van der Waals surface area contributed by atoms with Crippen LogP contribution in [0.15, 0.2) is 30.3 Å². The lowest BCUT2D eigenvalue weighted by molar-refractivity contribution is -0.136. The number of ether oxygens (including phenoxy) is 1. The molecule has 1 aliphatic rings. The van der Waals surface area contributed by atoms with E-state index in [2.05, 4.69) is 25.8 Å². The van der Waals surface area contributed by atoms with Crippen LogP contribution in [0.5, 0.6) is 5.75 Å². The van der Waals surface area contributed by atoms with Crippen LogP contribution < -0.4 is 15.4 Å². The Bertz CT molecular complexity index is 979. The molecule has 0 aliphatic carbocycles. The summed E-state index contributed by atoms with van der Waals surface area (Å²) >= 11 is 0. The van der Waals surface area contributed by atoms with Crippen LogP contribution in [0.2, 0.25) is 0 Å².